The maximum absolute atomic E-state index is 12.0. The summed E-state index contributed by atoms with van der Waals surface area (Å²) in [6.07, 6.45) is 26.0. The van der Waals surface area contributed by atoms with Crippen LogP contribution in [0.25, 0.3) is 12.2 Å². The molecule has 1 heterocycles. The maximum Gasteiger partial charge on any atom is 0.284 e. The van der Waals surface area contributed by atoms with E-state index in [-0.39, 0.29) is 11.8 Å². The highest BCUT2D eigenvalue weighted by Crippen LogP contribution is 2.25. The molecule has 3 rings (SSSR count). The number of hydroxylamine groups is 1. The Hall–Kier alpha value is -3.23. The Labute approximate surface area is 216 Å². The van der Waals surface area contributed by atoms with Crippen molar-refractivity contribution < 1.29 is 19.6 Å². The summed E-state index contributed by atoms with van der Waals surface area (Å²) in [5.74, 6) is -0.0696. The lowest BCUT2D eigenvalue weighted by Gasteiger charge is -2.19. The molecule has 2 aliphatic carbocycles. The van der Waals surface area contributed by atoms with Crippen LogP contribution in [-0.2, 0) is 9.59 Å². The number of rotatable bonds is 9. The summed E-state index contributed by atoms with van der Waals surface area (Å²) in [4.78, 5) is 34.4. The van der Waals surface area contributed by atoms with Crippen molar-refractivity contribution in [2.75, 3.05) is 0 Å². The lowest BCUT2D eigenvalue weighted by molar-refractivity contribution is -0.120. The van der Waals surface area contributed by atoms with Crippen LogP contribution >= 0.6 is 11.3 Å². The van der Waals surface area contributed by atoms with Crippen LogP contribution in [0.2, 0.25) is 0 Å². The minimum absolute atomic E-state index is 0.0225. The first kappa shape index (κ1) is 29.0. The van der Waals surface area contributed by atoms with Crippen LogP contribution in [0.4, 0.5) is 0 Å². The van der Waals surface area contributed by atoms with Crippen LogP contribution in [0, 0.1) is 5.92 Å². The van der Waals surface area contributed by atoms with Crippen molar-refractivity contribution in [3.05, 3.63) is 68.9 Å². The lowest BCUT2D eigenvalue weighted by atomic mass is 9.87. The van der Waals surface area contributed by atoms with Crippen molar-refractivity contribution in [2.45, 2.75) is 64.7 Å². The number of carbonyl (C=O) groups excluding carboxylic acids is 3. The van der Waals surface area contributed by atoms with Crippen molar-refractivity contribution in [2.24, 2.45) is 11.7 Å². The van der Waals surface area contributed by atoms with Crippen LogP contribution in [0.15, 0.2) is 54.3 Å². The molecule has 0 unspecified atom stereocenters. The molecule has 0 aromatic carbocycles. The number of thiophene rings is 1. The van der Waals surface area contributed by atoms with Gasteiger partial charge < -0.3 is 11.1 Å². The molecule has 0 radical (unpaired) electrons. The zero-order valence-corrected chi connectivity index (χ0v) is 21.7. The normalized spacial score (nSPS) is 15.8. The second-order valence-corrected chi connectivity index (χ2v) is 9.82. The predicted octanol–water partition coefficient (Wildman–Crippen LogP) is 3.74. The largest absolute Gasteiger partial charge is 0.370 e. The van der Waals surface area contributed by atoms with Gasteiger partial charge in [0.2, 0.25) is 11.8 Å². The highest BCUT2D eigenvalue weighted by Gasteiger charge is 2.14. The molecule has 0 spiro atoms. The predicted molar refractivity (Wildman–Crippen MR) is 145 cm³/mol. The van der Waals surface area contributed by atoms with Gasteiger partial charge in [-0.1, -0.05) is 61.8 Å². The molecule has 8 heteroatoms. The van der Waals surface area contributed by atoms with Gasteiger partial charge in [0, 0.05) is 29.5 Å². The Morgan fingerprint density at radius 1 is 1.11 bits per heavy atom. The molecule has 194 valence electrons. The summed E-state index contributed by atoms with van der Waals surface area (Å²) < 4.78 is 0.920. The zero-order valence-electron chi connectivity index (χ0n) is 20.9. The van der Waals surface area contributed by atoms with E-state index < -0.39 is 5.91 Å². The molecule has 3 amide bonds. The standard InChI is InChI=1S/C20H22N2O3S.C8H15NO/c1-2-3-4-5-6-7-8-9-19(23)21-16-11-10-15-14-18(20(24)22-25)26-17(15)13-12-16;9-8(10)6-7-4-2-1-3-5-7/h2-7,10,12-14,25H,8-9,11H2,1H3,(H,21,23)(H,22,24);7H,1-6H2,(H2,9,10)/b3-2-,5-4-,7-6+;. The third-order valence-electron chi connectivity index (χ3n) is 5.81. The molecule has 1 aromatic heterocycles. The first-order valence-corrected chi connectivity index (χ1v) is 13.2. The highest BCUT2D eigenvalue weighted by atomic mass is 32.1. The summed E-state index contributed by atoms with van der Waals surface area (Å²) in [6.45, 7) is 1.96. The van der Waals surface area contributed by atoms with E-state index in [1.807, 2.05) is 61.6 Å². The van der Waals surface area contributed by atoms with E-state index in [0.717, 1.165) is 15.4 Å². The second kappa shape index (κ2) is 16.4. The second-order valence-electron chi connectivity index (χ2n) is 8.74. The highest BCUT2D eigenvalue weighted by molar-refractivity contribution is 7.12. The fourth-order valence-corrected chi connectivity index (χ4v) is 4.94. The Kier molecular flexibility index (Phi) is 13.2. The van der Waals surface area contributed by atoms with Gasteiger partial charge in [0.1, 0.15) is 0 Å². The number of amides is 3. The van der Waals surface area contributed by atoms with Gasteiger partial charge in [-0.3, -0.25) is 19.6 Å². The molecule has 1 aromatic rings. The van der Waals surface area contributed by atoms with Gasteiger partial charge >= 0.3 is 0 Å². The molecule has 0 bridgehead atoms. The summed E-state index contributed by atoms with van der Waals surface area (Å²) >= 11 is 1.29. The first-order chi connectivity index (χ1) is 17.4. The molecular formula is C28H37N3O4S. The third-order valence-corrected chi connectivity index (χ3v) is 6.92. The quantitative estimate of drug-likeness (QED) is 0.229. The Morgan fingerprint density at radius 2 is 1.86 bits per heavy atom. The zero-order chi connectivity index (χ0) is 26.2. The van der Waals surface area contributed by atoms with Gasteiger partial charge in [0.15, 0.2) is 0 Å². The van der Waals surface area contributed by atoms with E-state index in [1.54, 1.807) is 11.5 Å². The fourth-order valence-electron chi connectivity index (χ4n) is 3.98. The van der Waals surface area contributed by atoms with E-state index >= 15 is 0 Å². The topological polar surface area (TPSA) is 122 Å². The molecule has 36 heavy (non-hydrogen) atoms. The van der Waals surface area contributed by atoms with E-state index in [1.165, 1.54) is 43.4 Å². The lowest BCUT2D eigenvalue weighted by Crippen LogP contribution is -2.22. The molecular weight excluding hydrogens is 474 g/mol. The number of nitrogens with one attached hydrogen (secondary N) is 2. The van der Waals surface area contributed by atoms with Crippen LogP contribution in [0.5, 0.6) is 0 Å². The Balaban J connectivity index is 0.000000380. The van der Waals surface area contributed by atoms with Gasteiger partial charge in [0.05, 0.1) is 4.88 Å². The molecule has 2 aliphatic rings. The van der Waals surface area contributed by atoms with Crippen LogP contribution in [-0.4, -0.2) is 22.9 Å². The Bertz CT molecular complexity index is 1120. The minimum Gasteiger partial charge on any atom is -0.370 e. The molecule has 0 aliphatic heterocycles. The van der Waals surface area contributed by atoms with Crippen molar-refractivity contribution in [3.63, 3.8) is 0 Å². The van der Waals surface area contributed by atoms with Gasteiger partial charge in [-0.25, -0.2) is 5.48 Å². The van der Waals surface area contributed by atoms with Gasteiger partial charge in [-0.15, -0.1) is 11.3 Å². The fraction of sp³-hybridized carbons (Fsp3) is 0.393. The number of fused-ring (bicyclic) bond motifs is 1. The smallest absolute Gasteiger partial charge is 0.284 e. The molecule has 1 fully saturated rings. The van der Waals surface area contributed by atoms with Crippen molar-refractivity contribution in [1.82, 2.24) is 10.8 Å². The van der Waals surface area contributed by atoms with Gasteiger partial charge in [0.25, 0.3) is 5.91 Å². The molecule has 0 atom stereocenters. The Morgan fingerprint density at radius 3 is 2.56 bits per heavy atom. The van der Waals surface area contributed by atoms with Crippen molar-refractivity contribution in [3.8, 4) is 0 Å². The third kappa shape index (κ3) is 11.0. The van der Waals surface area contributed by atoms with Crippen LogP contribution < -0.4 is 26.3 Å². The van der Waals surface area contributed by atoms with E-state index in [9.17, 15) is 14.4 Å². The van der Waals surface area contributed by atoms with E-state index in [2.05, 4.69) is 5.32 Å². The van der Waals surface area contributed by atoms with Gasteiger partial charge in [-0.05, 0) is 55.5 Å². The molecule has 0 saturated heterocycles. The summed E-state index contributed by atoms with van der Waals surface area (Å²) in [5.41, 5.74) is 7.54. The summed E-state index contributed by atoms with van der Waals surface area (Å²) in [6, 6.07) is 1.73. The van der Waals surface area contributed by atoms with Gasteiger partial charge in [-0.2, -0.15) is 0 Å². The number of allylic oxidation sites excluding steroid dienone is 8. The number of carbonyl (C=O) groups is 3. The monoisotopic (exact) mass is 511 g/mol. The number of hydrogen-bond acceptors (Lipinski definition) is 5. The maximum atomic E-state index is 12.0. The van der Waals surface area contributed by atoms with E-state index in [0.29, 0.717) is 36.5 Å². The number of hydrogen-bond donors (Lipinski definition) is 4. The minimum atomic E-state index is -0.518. The molecule has 7 nitrogen and oxygen atoms in total. The first-order valence-electron chi connectivity index (χ1n) is 12.4. The number of nitrogens with two attached hydrogens (primary N) is 1. The average Bonchev–Trinajstić information content (AvgIpc) is 3.19. The van der Waals surface area contributed by atoms with Crippen molar-refractivity contribution in [1.29, 1.82) is 0 Å². The van der Waals surface area contributed by atoms with Crippen molar-refractivity contribution >= 4 is 41.2 Å². The summed E-state index contributed by atoms with van der Waals surface area (Å²) in [5, 5.41) is 12.6. The molecule has 5 N–H and O–H groups in total. The van der Waals surface area contributed by atoms with E-state index in [4.69, 9.17) is 10.9 Å². The average molecular weight is 512 g/mol. The van der Waals surface area contributed by atoms with Crippen LogP contribution in [0.1, 0.15) is 74.4 Å². The summed E-state index contributed by atoms with van der Waals surface area (Å²) in [7, 11) is 0. The van der Waals surface area contributed by atoms with Crippen LogP contribution in [0.3, 0.4) is 0 Å². The molecule has 1 saturated carbocycles. The SMILES string of the molecule is C\C=C/C=C\C=C\CCC(=O)NC1=CC=c2sc(C(=O)NO)cc2=CC1.NC(=O)CC1CCCCC1. The number of primary amides is 1.